The minimum absolute atomic E-state index is 0.250. The van der Waals surface area contributed by atoms with Crippen LogP contribution in [0.2, 0.25) is 0 Å². The molecule has 0 fully saturated rings. The highest BCUT2D eigenvalue weighted by Gasteiger charge is 2.11. The van der Waals surface area contributed by atoms with Crippen molar-refractivity contribution < 1.29 is 4.39 Å². The smallest absolute Gasteiger partial charge is 0.305 e. The molecule has 4 nitrogen and oxygen atoms in total. The standard InChI is InChI=1S/C15H10FN3O/c1-8-2-4-11-14(17-8)13-7-9-6-10(16)3-5-12(9)19(13)15(20)18-11/h2-7H,1H3,(H,18,20). The summed E-state index contributed by atoms with van der Waals surface area (Å²) in [6.07, 6.45) is 0. The third-order valence-corrected chi connectivity index (χ3v) is 3.49. The number of fused-ring (bicyclic) bond motifs is 5. The zero-order valence-electron chi connectivity index (χ0n) is 10.6. The van der Waals surface area contributed by atoms with Crippen LogP contribution in [0.5, 0.6) is 0 Å². The van der Waals surface area contributed by atoms with Crippen molar-refractivity contribution in [1.29, 1.82) is 0 Å². The Balaban J connectivity index is 2.34. The number of hydrogen-bond donors (Lipinski definition) is 1. The van der Waals surface area contributed by atoms with Gasteiger partial charge < -0.3 is 4.98 Å². The maximum Gasteiger partial charge on any atom is 0.331 e. The number of nitrogens with one attached hydrogen (secondary N) is 1. The summed E-state index contributed by atoms with van der Waals surface area (Å²) in [4.78, 5) is 19.5. The first-order chi connectivity index (χ1) is 9.63. The van der Waals surface area contributed by atoms with E-state index in [-0.39, 0.29) is 11.5 Å². The molecule has 5 heteroatoms. The van der Waals surface area contributed by atoms with Crippen molar-refractivity contribution >= 4 is 27.5 Å². The van der Waals surface area contributed by atoms with E-state index < -0.39 is 0 Å². The Morgan fingerprint density at radius 3 is 2.85 bits per heavy atom. The Morgan fingerprint density at radius 1 is 1.15 bits per heavy atom. The Bertz CT molecular complexity index is 1050. The summed E-state index contributed by atoms with van der Waals surface area (Å²) >= 11 is 0. The van der Waals surface area contributed by atoms with Crippen LogP contribution in [0.3, 0.4) is 0 Å². The first-order valence-electron chi connectivity index (χ1n) is 6.24. The van der Waals surface area contributed by atoms with Crippen LogP contribution in [0.4, 0.5) is 4.39 Å². The molecule has 4 rings (SSSR count). The summed E-state index contributed by atoms with van der Waals surface area (Å²) in [5.74, 6) is -0.321. The number of hydrogen-bond acceptors (Lipinski definition) is 2. The normalized spacial score (nSPS) is 11.7. The molecule has 0 atom stereocenters. The number of nitrogens with zero attached hydrogens (tertiary/aromatic N) is 2. The molecule has 0 radical (unpaired) electrons. The molecule has 98 valence electrons. The summed E-state index contributed by atoms with van der Waals surface area (Å²) in [6, 6.07) is 9.84. The van der Waals surface area contributed by atoms with Gasteiger partial charge in [-0.25, -0.2) is 14.2 Å². The lowest BCUT2D eigenvalue weighted by Gasteiger charge is -2.02. The molecule has 0 spiro atoms. The fourth-order valence-electron chi connectivity index (χ4n) is 2.60. The van der Waals surface area contributed by atoms with Gasteiger partial charge in [-0.2, -0.15) is 0 Å². The van der Waals surface area contributed by atoms with E-state index in [2.05, 4.69) is 9.97 Å². The van der Waals surface area contributed by atoms with Gasteiger partial charge >= 0.3 is 5.69 Å². The molecular weight excluding hydrogens is 257 g/mol. The van der Waals surface area contributed by atoms with Crippen LogP contribution in [-0.2, 0) is 0 Å². The largest absolute Gasteiger partial charge is 0.331 e. The third-order valence-electron chi connectivity index (χ3n) is 3.49. The van der Waals surface area contributed by atoms with Crippen molar-refractivity contribution in [2.75, 3.05) is 0 Å². The van der Waals surface area contributed by atoms with E-state index in [1.807, 2.05) is 19.1 Å². The SMILES string of the molecule is Cc1ccc2[nH]c(=O)n3c4ccc(F)cc4cc3c2n1. The van der Waals surface area contributed by atoms with Crippen LogP contribution in [-0.4, -0.2) is 14.4 Å². The fraction of sp³-hybridized carbons (Fsp3) is 0.0667. The molecule has 20 heavy (non-hydrogen) atoms. The number of aromatic nitrogens is 3. The van der Waals surface area contributed by atoms with Gasteiger partial charge in [0.25, 0.3) is 0 Å². The highest BCUT2D eigenvalue weighted by atomic mass is 19.1. The van der Waals surface area contributed by atoms with Gasteiger partial charge in [-0.3, -0.25) is 4.40 Å². The first-order valence-corrected chi connectivity index (χ1v) is 6.24. The lowest BCUT2D eigenvalue weighted by atomic mass is 10.2. The van der Waals surface area contributed by atoms with E-state index in [1.54, 1.807) is 12.1 Å². The fourth-order valence-corrected chi connectivity index (χ4v) is 2.60. The average molecular weight is 267 g/mol. The summed E-state index contributed by atoms with van der Waals surface area (Å²) in [6.45, 7) is 1.89. The van der Waals surface area contributed by atoms with Gasteiger partial charge in [0.15, 0.2) is 0 Å². The van der Waals surface area contributed by atoms with Crippen LogP contribution in [0, 0.1) is 12.7 Å². The maximum absolute atomic E-state index is 13.3. The summed E-state index contributed by atoms with van der Waals surface area (Å²) in [5, 5.41) is 0.686. The van der Waals surface area contributed by atoms with Crippen molar-refractivity contribution in [3.8, 4) is 0 Å². The zero-order valence-corrected chi connectivity index (χ0v) is 10.6. The molecule has 0 saturated heterocycles. The molecule has 4 aromatic rings. The van der Waals surface area contributed by atoms with Gasteiger partial charge in [0.2, 0.25) is 0 Å². The third kappa shape index (κ3) is 1.40. The lowest BCUT2D eigenvalue weighted by Crippen LogP contribution is -2.16. The van der Waals surface area contributed by atoms with E-state index in [9.17, 15) is 9.18 Å². The van der Waals surface area contributed by atoms with Gasteiger partial charge in [0, 0.05) is 11.1 Å². The van der Waals surface area contributed by atoms with Gasteiger partial charge in [-0.15, -0.1) is 0 Å². The van der Waals surface area contributed by atoms with E-state index >= 15 is 0 Å². The maximum atomic E-state index is 13.3. The number of benzene rings is 1. The van der Waals surface area contributed by atoms with Gasteiger partial charge in [-0.05, 0) is 43.3 Å². The number of aromatic amines is 1. The lowest BCUT2D eigenvalue weighted by molar-refractivity contribution is 0.629. The molecule has 0 aliphatic rings. The number of pyridine rings is 1. The molecule has 3 heterocycles. The van der Waals surface area contributed by atoms with Gasteiger partial charge in [0.1, 0.15) is 11.3 Å². The number of aryl methyl sites for hydroxylation is 1. The quantitative estimate of drug-likeness (QED) is 0.532. The molecular formula is C15H10FN3O. The summed E-state index contributed by atoms with van der Waals surface area (Å²) < 4.78 is 14.9. The second-order valence-corrected chi connectivity index (χ2v) is 4.85. The topological polar surface area (TPSA) is 50.2 Å². The Labute approximate surface area is 112 Å². The predicted molar refractivity (Wildman–Crippen MR) is 75.5 cm³/mol. The van der Waals surface area contributed by atoms with Gasteiger partial charge in [-0.1, -0.05) is 0 Å². The molecule has 0 aliphatic heterocycles. The highest BCUT2D eigenvalue weighted by molar-refractivity contribution is 5.98. The van der Waals surface area contributed by atoms with E-state index in [0.717, 1.165) is 5.69 Å². The predicted octanol–water partition coefficient (Wildman–Crippen LogP) is 2.78. The van der Waals surface area contributed by atoms with Crippen LogP contribution < -0.4 is 5.69 Å². The summed E-state index contributed by atoms with van der Waals surface area (Å²) in [7, 11) is 0. The molecule has 0 saturated carbocycles. The van der Waals surface area contributed by atoms with Crippen molar-refractivity contribution in [3.63, 3.8) is 0 Å². The molecule has 0 aliphatic carbocycles. The molecule has 0 bridgehead atoms. The van der Waals surface area contributed by atoms with Crippen LogP contribution >= 0.6 is 0 Å². The van der Waals surface area contributed by atoms with Crippen LogP contribution in [0.25, 0.3) is 27.5 Å². The van der Waals surface area contributed by atoms with E-state index in [1.165, 1.54) is 16.5 Å². The molecule has 0 amide bonds. The second kappa shape index (κ2) is 3.66. The first kappa shape index (κ1) is 11.2. The molecule has 1 N–H and O–H groups in total. The van der Waals surface area contributed by atoms with Crippen LogP contribution in [0.1, 0.15) is 5.69 Å². The minimum atomic E-state index is -0.321. The van der Waals surface area contributed by atoms with E-state index in [0.29, 0.717) is 27.5 Å². The van der Waals surface area contributed by atoms with Crippen molar-refractivity contribution in [1.82, 2.24) is 14.4 Å². The average Bonchev–Trinajstić information content (AvgIpc) is 2.79. The number of H-pyrrole nitrogens is 1. The molecule has 3 aromatic heterocycles. The molecule has 1 aromatic carbocycles. The molecule has 0 unspecified atom stereocenters. The Morgan fingerprint density at radius 2 is 2.00 bits per heavy atom. The van der Waals surface area contributed by atoms with Crippen LogP contribution in [0.15, 0.2) is 41.2 Å². The number of halogens is 1. The van der Waals surface area contributed by atoms with Crippen molar-refractivity contribution in [2.24, 2.45) is 0 Å². The van der Waals surface area contributed by atoms with Crippen molar-refractivity contribution in [3.05, 3.63) is 58.4 Å². The minimum Gasteiger partial charge on any atom is -0.305 e. The second-order valence-electron chi connectivity index (χ2n) is 4.85. The van der Waals surface area contributed by atoms with E-state index in [4.69, 9.17) is 0 Å². The summed E-state index contributed by atoms with van der Waals surface area (Å²) in [5.41, 5.74) is 3.36. The Hall–Kier alpha value is -2.69. The zero-order chi connectivity index (χ0) is 13.9. The number of rotatable bonds is 0. The monoisotopic (exact) mass is 267 g/mol. The van der Waals surface area contributed by atoms with Crippen molar-refractivity contribution in [2.45, 2.75) is 6.92 Å². The Kier molecular flexibility index (Phi) is 2.04. The highest BCUT2D eigenvalue weighted by Crippen LogP contribution is 2.23. The van der Waals surface area contributed by atoms with Gasteiger partial charge in [0.05, 0.1) is 16.6 Å².